The fourth-order valence-electron chi connectivity index (χ4n) is 1.42. The van der Waals surface area contributed by atoms with Crippen LogP contribution >= 0.6 is 11.6 Å². The molecule has 0 radical (unpaired) electrons. The molecule has 0 atom stereocenters. The maximum absolute atomic E-state index is 9.03. The molecule has 17 heavy (non-hydrogen) atoms. The highest BCUT2D eigenvalue weighted by molar-refractivity contribution is 6.30. The average molecular weight is 246 g/mol. The first-order valence-electron chi connectivity index (χ1n) is 4.71. The summed E-state index contributed by atoms with van der Waals surface area (Å²) in [5.74, 6) is 0.108. The maximum atomic E-state index is 9.03. The van der Waals surface area contributed by atoms with Gasteiger partial charge in [0, 0.05) is 10.6 Å². The van der Waals surface area contributed by atoms with Gasteiger partial charge in [0.1, 0.15) is 17.5 Å². The number of aromatic nitrogens is 2. The fraction of sp³-hybridized carbons (Fsp3) is 0. The fourth-order valence-corrected chi connectivity index (χ4v) is 1.55. The van der Waals surface area contributed by atoms with E-state index >= 15 is 0 Å². The van der Waals surface area contributed by atoms with Gasteiger partial charge in [-0.05, 0) is 12.1 Å². The number of anilines is 2. The van der Waals surface area contributed by atoms with E-state index in [-0.39, 0.29) is 17.3 Å². The second kappa shape index (κ2) is 4.28. The largest absolute Gasteiger partial charge is 0.382 e. The monoisotopic (exact) mass is 245 g/mol. The summed E-state index contributed by atoms with van der Waals surface area (Å²) in [6.45, 7) is 0. The van der Waals surface area contributed by atoms with Crippen LogP contribution in [0.3, 0.4) is 0 Å². The molecular weight excluding hydrogens is 238 g/mol. The molecule has 2 rings (SSSR count). The van der Waals surface area contributed by atoms with Crippen LogP contribution in [0.2, 0.25) is 5.02 Å². The van der Waals surface area contributed by atoms with E-state index in [4.69, 9.17) is 28.3 Å². The Morgan fingerprint density at radius 3 is 2.35 bits per heavy atom. The Hall–Kier alpha value is -2.32. The zero-order valence-corrected chi connectivity index (χ0v) is 9.44. The predicted molar refractivity (Wildman–Crippen MR) is 66.0 cm³/mol. The smallest absolute Gasteiger partial charge is 0.222 e. The van der Waals surface area contributed by atoms with E-state index in [2.05, 4.69) is 9.97 Å². The summed E-state index contributed by atoms with van der Waals surface area (Å²) >= 11 is 5.79. The van der Waals surface area contributed by atoms with E-state index < -0.39 is 0 Å². The summed E-state index contributed by atoms with van der Waals surface area (Å²) in [6, 6.07) is 8.85. The van der Waals surface area contributed by atoms with E-state index in [1.54, 1.807) is 24.3 Å². The Kier molecular flexibility index (Phi) is 2.81. The summed E-state index contributed by atoms with van der Waals surface area (Å²) in [5.41, 5.74) is 12.5. The lowest BCUT2D eigenvalue weighted by atomic mass is 10.1. The van der Waals surface area contributed by atoms with Gasteiger partial charge in [-0.1, -0.05) is 23.7 Å². The van der Waals surface area contributed by atoms with Crippen molar-refractivity contribution in [3.8, 4) is 17.3 Å². The molecule has 6 heteroatoms. The van der Waals surface area contributed by atoms with Gasteiger partial charge in [-0.2, -0.15) is 10.2 Å². The summed E-state index contributed by atoms with van der Waals surface area (Å²) in [4.78, 5) is 7.77. The number of nitrogens with zero attached hydrogens (tertiary/aromatic N) is 3. The van der Waals surface area contributed by atoms with E-state index in [9.17, 15) is 0 Å². The van der Waals surface area contributed by atoms with Crippen molar-refractivity contribution < 1.29 is 0 Å². The summed E-state index contributed by atoms with van der Waals surface area (Å²) < 4.78 is 0. The predicted octanol–water partition coefficient (Wildman–Crippen LogP) is 1.83. The molecule has 0 spiro atoms. The van der Waals surface area contributed by atoms with Crippen molar-refractivity contribution in [1.82, 2.24) is 9.97 Å². The molecule has 5 nitrogen and oxygen atoms in total. The first-order valence-corrected chi connectivity index (χ1v) is 5.08. The Balaban J connectivity index is 2.66. The minimum atomic E-state index is 0.0337. The molecule has 0 aliphatic rings. The van der Waals surface area contributed by atoms with Gasteiger partial charge in [0.25, 0.3) is 0 Å². The van der Waals surface area contributed by atoms with Crippen molar-refractivity contribution in [3.05, 3.63) is 34.9 Å². The van der Waals surface area contributed by atoms with Crippen LogP contribution in [-0.2, 0) is 0 Å². The number of rotatable bonds is 1. The second-order valence-electron chi connectivity index (χ2n) is 3.31. The van der Waals surface area contributed by atoms with Crippen LogP contribution < -0.4 is 11.5 Å². The lowest BCUT2D eigenvalue weighted by Crippen LogP contribution is -2.04. The SMILES string of the molecule is N#Cc1c(N)nc(N)nc1-c1ccc(Cl)cc1. The molecule has 0 aliphatic heterocycles. The van der Waals surface area contributed by atoms with Crippen LogP contribution in [0.5, 0.6) is 0 Å². The van der Waals surface area contributed by atoms with E-state index in [0.29, 0.717) is 16.3 Å². The van der Waals surface area contributed by atoms with Crippen LogP contribution in [-0.4, -0.2) is 9.97 Å². The van der Waals surface area contributed by atoms with E-state index in [1.165, 1.54) is 0 Å². The molecule has 84 valence electrons. The van der Waals surface area contributed by atoms with Crippen molar-refractivity contribution in [2.45, 2.75) is 0 Å². The van der Waals surface area contributed by atoms with Gasteiger partial charge >= 0.3 is 0 Å². The molecule has 0 unspecified atom stereocenters. The van der Waals surface area contributed by atoms with Gasteiger partial charge < -0.3 is 11.5 Å². The van der Waals surface area contributed by atoms with Crippen LogP contribution in [0, 0.1) is 11.3 Å². The minimum Gasteiger partial charge on any atom is -0.382 e. The summed E-state index contributed by atoms with van der Waals surface area (Å²) in [5, 5.41) is 9.63. The van der Waals surface area contributed by atoms with Crippen molar-refractivity contribution in [1.29, 1.82) is 5.26 Å². The minimum absolute atomic E-state index is 0.0337. The van der Waals surface area contributed by atoms with Crippen LogP contribution in [0.25, 0.3) is 11.3 Å². The zero-order valence-electron chi connectivity index (χ0n) is 8.68. The van der Waals surface area contributed by atoms with Crippen LogP contribution in [0.15, 0.2) is 24.3 Å². The third-order valence-corrected chi connectivity index (χ3v) is 2.44. The normalized spacial score (nSPS) is 9.88. The van der Waals surface area contributed by atoms with Gasteiger partial charge in [-0.3, -0.25) is 0 Å². The molecule has 1 aromatic carbocycles. The molecule has 1 aromatic heterocycles. The topological polar surface area (TPSA) is 102 Å². The zero-order chi connectivity index (χ0) is 12.4. The highest BCUT2D eigenvalue weighted by Crippen LogP contribution is 2.26. The number of nitriles is 1. The van der Waals surface area contributed by atoms with Crippen LogP contribution in [0.1, 0.15) is 5.56 Å². The number of hydrogen-bond donors (Lipinski definition) is 2. The number of hydrogen-bond acceptors (Lipinski definition) is 5. The van der Waals surface area contributed by atoms with Gasteiger partial charge in [0.15, 0.2) is 0 Å². The van der Waals surface area contributed by atoms with Crippen molar-refractivity contribution in [2.24, 2.45) is 0 Å². The number of halogens is 1. The molecule has 0 saturated heterocycles. The summed E-state index contributed by atoms with van der Waals surface area (Å²) in [7, 11) is 0. The molecule has 0 fully saturated rings. The standard InChI is InChI=1S/C11H8ClN5/c12-7-3-1-6(2-4-7)9-8(5-13)10(14)17-11(15)16-9/h1-4H,(H4,14,15,16,17). The lowest BCUT2D eigenvalue weighted by Gasteiger charge is -2.06. The van der Waals surface area contributed by atoms with E-state index in [0.717, 1.165) is 0 Å². The highest BCUT2D eigenvalue weighted by Gasteiger charge is 2.12. The second-order valence-corrected chi connectivity index (χ2v) is 3.75. The first kappa shape index (κ1) is 11.2. The highest BCUT2D eigenvalue weighted by atomic mass is 35.5. The van der Waals surface area contributed by atoms with Crippen molar-refractivity contribution in [2.75, 3.05) is 11.5 Å². The van der Waals surface area contributed by atoms with Crippen molar-refractivity contribution >= 4 is 23.4 Å². The van der Waals surface area contributed by atoms with Crippen molar-refractivity contribution in [3.63, 3.8) is 0 Å². The van der Waals surface area contributed by atoms with Crippen LogP contribution in [0.4, 0.5) is 11.8 Å². The average Bonchev–Trinajstić information content (AvgIpc) is 2.29. The Morgan fingerprint density at radius 2 is 1.76 bits per heavy atom. The number of benzene rings is 1. The molecular formula is C11H8ClN5. The third kappa shape index (κ3) is 2.12. The van der Waals surface area contributed by atoms with Gasteiger partial charge in [0.2, 0.25) is 5.95 Å². The summed E-state index contributed by atoms with van der Waals surface area (Å²) in [6.07, 6.45) is 0. The molecule has 0 amide bonds. The molecule has 1 heterocycles. The lowest BCUT2D eigenvalue weighted by molar-refractivity contribution is 1.18. The molecule has 0 aliphatic carbocycles. The number of nitrogens with two attached hydrogens (primary N) is 2. The molecule has 0 bridgehead atoms. The first-order chi connectivity index (χ1) is 8.11. The molecule has 4 N–H and O–H groups in total. The number of nitrogen functional groups attached to an aromatic ring is 2. The molecule has 0 saturated carbocycles. The molecule has 2 aromatic rings. The van der Waals surface area contributed by atoms with E-state index in [1.807, 2.05) is 6.07 Å². The maximum Gasteiger partial charge on any atom is 0.222 e. The van der Waals surface area contributed by atoms with Gasteiger partial charge in [-0.25, -0.2) is 4.98 Å². The van der Waals surface area contributed by atoms with Gasteiger partial charge in [-0.15, -0.1) is 0 Å². The Morgan fingerprint density at radius 1 is 1.12 bits per heavy atom. The quantitative estimate of drug-likeness (QED) is 0.798. The Bertz CT molecular complexity index is 600. The Labute approximate surface area is 103 Å². The van der Waals surface area contributed by atoms with Gasteiger partial charge in [0.05, 0.1) is 5.69 Å². The third-order valence-electron chi connectivity index (χ3n) is 2.18.